The van der Waals surface area contributed by atoms with Crippen molar-refractivity contribution < 1.29 is 4.39 Å². The van der Waals surface area contributed by atoms with E-state index in [0.717, 1.165) is 25.1 Å². The van der Waals surface area contributed by atoms with Gasteiger partial charge in [0.15, 0.2) is 0 Å². The van der Waals surface area contributed by atoms with Crippen molar-refractivity contribution in [2.24, 2.45) is 5.92 Å². The summed E-state index contributed by atoms with van der Waals surface area (Å²) in [6.07, 6.45) is 3.60. The van der Waals surface area contributed by atoms with Gasteiger partial charge in [0.25, 0.3) is 0 Å². The Balaban J connectivity index is 2.29. The summed E-state index contributed by atoms with van der Waals surface area (Å²) in [5.41, 5.74) is 2.29. The molecule has 0 aromatic heterocycles. The first-order valence-electron chi connectivity index (χ1n) is 8.32. The van der Waals surface area contributed by atoms with Crippen LogP contribution in [0.5, 0.6) is 0 Å². The van der Waals surface area contributed by atoms with Crippen LogP contribution < -0.4 is 10.2 Å². The summed E-state index contributed by atoms with van der Waals surface area (Å²) >= 11 is 0. The van der Waals surface area contributed by atoms with Crippen molar-refractivity contribution >= 4 is 5.69 Å². The fourth-order valence-corrected chi connectivity index (χ4v) is 3.23. The third-order valence-electron chi connectivity index (χ3n) is 4.58. The first-order chi connectivity index (χ1) is 10.0. The molecule has 0 saturated carbocycles. The van der Waals surface area contributed by atoms with Gasteiger partial charge in [-0.3, -0.25) is 0 Å². The van der Waals surface area contributed by atoms with E-state index in [2.05, 4.69) is 37.9 Å². The van der Waals surface area contributed by atoms with Gasteiger partial charge in [-0.1, -0.05) is 13.8 Å². The van der Waals surface area contributed by atoms with Crippen LogP contribution in [0.4, 0.5) is 10.1 Å². The molecular weight excluding hydrogens is 263 g/mol. The van der Waals surface area contributed by atoms with Gasteiger partial charge >= 0.3 is 0 Å². The average molecular weight is 292 g/mol. The van der Waals surface area contributed by atoms with Crippen molar-refractivity contribution in [2.45, 2.75) is 59.0 Å². The normalized spacial score (nSPS) is 24.1. The standard InChI is InChI=1S/C18H29FN2/c1-5-10-20-15(4)17-11-16(19)8-9-18(17)21-12-13(2)6-7-14(21)3/h8-9,11,13-15,20H,5-7,10,12H2,1-4H3. The second-order valence-electron chi connectivity index (χ2n) is 6.56. The van der Waals surface area contributed by atoms with E-state index in [0.29, 0.717) is 12.0 Å². The molecule has 1 saturated heterocycles. The SMILES string of the molecule is CCCNC(C)c1cc(F)ccc1N1CC(C)CCC1C. The lowest BCUT2D eigenvalue weighted by molar-refractivity contribution is 0.388. The minimum Gasteiger partial charge on any atom is -0.368 e. The molecule has 1 fully saturated rings. The fraction of sp³-hybridized carbons (Fsp3) is 0.667. The largest absolute Gasteiger partial charge is 0.368 e. The molecule has 1 aromatic carbocycles. The van der Waals surface area contributed by atoms with Crippen LogP contribution in [0.2, 0.25) is 0 Å². The molecular formula is C18H29FN2. The summed E-state index contributed by atoms with van der Waals surface area (Å²) in [5.74, 6) is 0.564. The van der Waals surface area contributed by atoms with Gasteiger partial charge in [-0.05, 0) is 69.3 Å². The maximum Gasteiger partial charge on any atom is 0.123 e. The molecule has 21 heavy (non-hydrogen) atoms. The lowest BCUT2D eigenvalue weighted by atomic mass is 9.93. The van der Waals surface area contributed by atoms with Crippen LogP contribution in [0.15, 0.2) is 18.2 Å². The minimum absolute atomic E-state index is 0.142. The fourth-order valence-electron chi connectivity index (χ4n) is 3.23. The summed E-state index contributed by atoms with van der Waals surface area (Å²) in [5, 5.41) is 3.49. The lowest BCUT2D eigenvalue weighted by Crippen LogP contribution is -2.42. The molecule has 0 aliphatic carbocycles. The summed E-state index contributed by atoms with van der Waals surface area (Å²) in [7, 11) is 0. The Hall–Kier alpha value is -1.09. The van der Waals surface area contributed by atoms with Gasteiger partial charge in [0, 0.05) is 24.3 Å². The second kappa shape index (κ2) is 7.26. The van der Waals surface area contributed by atoms with Crippen molar-refractivity contribution in [3.63, 3.8) is 0 Å². The third kappa shape index (κ3) is 3.97. The molecule has 0 amide bonds. The predicted octanol–water partition coefficient (Wildman–Crippen LogP) is 4.51. The van der Waals surface area contributed by atoms with Gasteiger partial charge in [-0.25, -0.2) is 4.39 Å². The number of hydrogen-bond donors (Lipinski definition) is 1. The number of piperidine rings is 1. The molecule has 3 unspecified atom stereocenters. The highest BCUT2D eigenvalue weighted by molar-refractivity contribution is 5.56. The highest BCUT2D eigenvalue weighted by atomic mass is 19.1. The van der Waals surface area contributed by atoms with Gasteiger partial charge in [0.1, 0.15) is 5.82 Å². The minimum atomic E-state index is -0.142. The molecule has 1 N–H and O–H groups in total. The van der Waals surface area contributed by atoms with Crippen LogP contribution in [0.25, 0.3) is 0 Å². The Morgan fingerprint density at radius 3 is 2.81 bits per heavy atom. The summed E-state index contributed by atoms with van der Waals surface area (Å²) in [6, 6.07) is 5.97. The molecule has 2 nitrogen and oxygen atoms in total. The van der Waals surface area contributed by atoms with E-state index in [1.54, 1.807) is 12.1 Å². The van der Waals surface area contributed by atoms with Crippen LogP contribution in [0.1, 0.15) is 58.6 Å². The number of hydrogen-bond acceptors (Lipinski definition) is 2. The molecule has 0 spiro atoms. The smallest absolute Gasteiger partial charge is 0.123 e. The highest BCUT2D eigenvalue weighted by Gasteiger charge is 2.26. The van der Waals surface area contributed by atoms with Gasteiger partial charge < -0.3 is 10.2 Å². The highest BCUT2D eigenvalue weighted by Crippen LogP contribution is 2.33. The van der Waals surface area contributed by atoms with E-state index in [1.807, 2.05) is 6.07 Å². The van der Waals surface area contributed by atoms with Gasteiger partial charge in [0.05, 0.1) is 0 Å². The van der Waals surface area contributed by atoms with E-state index in [9.17, 15) is 4.39 Å². The zero-order valence-electron chi connectivity index (χ0n) is 13.8. The summed E-state index contributed by atoms with van der Waals surface area (Å²) in [6.45, 7) is 10.9. The molecule has 1 aliphatic heterocycles. The quantitative estimate of drug-likeness (QED) is 0.859. The van der Waals surface area contributed by atoms with Crippen LogP contribution in [0, 0.1) is 11.7 Å². The Bertz CT molecular complexity index is 461. The van der Waals surface area contributed by atoms with E-state index < -0.39 is 0 Å². The van der Waals surface area contributed by atoms with Gasteiger partial charge in [0.2, 0.25) is 0 Å². The van der Waals surface area contributed by atoms with E-state index >= 15 is 0 Å². The van der Waals surface area contributed by atoms with Crippen LogP contribution in [0.3, 0.4) is 0 Å². The molecule has 1 aromatic rings. The number of rotatable bonds is 5. The topological polar surface area (TPSA) is 15.3 Å². The molecule has 118 valence electrons. The van der Waals surface area contributed by atoms with Gasteiger partial charge in [-0.15, -0.1) is 0 Å². The molecule has 1 aliphatic rings. The monoisotopic (exact) mass is 292 g/mol. The van der Waals surface area contributed by atoms with Crippen LogP contribution in [-0.4, -0.2) is 19.1 Å². The molecule has 0 bridgehead atoms. The van der Waals surface area contributed by atoms with Crippen molar-refractivity contribution in [1.82, 2.24) is 5.32 Å². The molecule has 0 radical (unpaired) electrons. The number of anilines is 1. The Morgan fingerprint density at radius 2 is 2.10 bits per heavy atom. The zero-order chi connectivity index (χ0) is 15.4. The van der Waals surface area contributed by atoms with Crippen molar-refractivity contribution in [1.29, 1.82) is 0 Å². The molecule has 3 atom stereocenters. The predicted molar refractivity (Wildman–Crippen MR) is 88.3 cm³/mol. The number of nitrogens with zero attached hydrogens (tertiary/aromatic N) is 1. The van der Waals surface area contributed by atoms with E-state index in [1.165, 1.54) is 18.5 Å². The van der Waals surface area contributed by atoms with Crippen molar-refractivity contribution in [3.05, 3.63) is 29.6 Å². The Kier molecular flexibility index (Phi) is 5.63. The number of benzene rings is 1. The van der Waals surface area contributed by atoms with Crippen LogP contribution >= 0.6 is 0 Å². The second-order valence-corrected chi connectivity index (χ2v) is 6.56. The first kappa shape index (κ1) is 16.3. The summed E-state index contributed by atoms with van der Waals surface area (Å²) < 4.78 is 13.7. The maximum absolute atomic E-state index is 13.7. The van der Waals surface area contributed by atoms with E-state index in [4.69, 9.17) is 0 Å². The molecule has 1 heterocycles. The van der Waals surface area contributed by atoms with Crippen molar-refractivity contribution in [3.8, 4) is 0 Å². The molecule has 3 heteroatoms. The lowest BCUT2D eigenvalue weighted by Gasteiger charge is -2.40. The number of nitrogens with one attached hydrogen (secondary N) is 1. The first-order valence-corrected chi connectivity index (χ1v) is 8.32. The van der Waals surface area contributed by atoms with Gasteiger partial charge in [-0.2, -0.15) is 0 Å². The maximum atomic E-state index is 13.7. The number of halogens is 1. The summed E-state index contributed by atoms with van der Waals surface area (Å²) in [4.78, 5) is 2.47. The van der Waals surface area contributed by atoms with E-state index in [-0.39, 0.29) is 11.9 Å². The van der Waals surface area contributed by atoms with Crippen molar-refractivity contribution in [2.75, 3.05) is 18.0 Å². The zero-order valence-corrected chi connectivity index (χ0v) is 13.8. The Morgan fingerprint density at radius 1 is 1.33 bits per heavy atom. The third-order valence-corrected chi connectivity index (χ3v) is 4.58. The van der Waals surface area contributed by atoms with Crippen LogP contribution in [-0.2, 0) is 0 Å². The average Bonchev–Trinajstić information content (AvgIpc) is 2.47. The molecule has 2 rings (SSSR count). The Labute approximate surface area is 128 Å².